The van der Waals surface area contributed by atoms with E-state index in [-0.39, 0.29) is 5.78 Å². The Balaban J connectivity index is 1.97. The first-order chi connectivity index (χ1) is 13.6. The second kappa shape index (κ2) is 7.08. The third kappa shape index (κ3) is 2.66. The molecule has 1 unspecified atom stereocenters. The van der Waals surface area contributed by atoms with Gasteiger partial charge in [-0.05, 0) is 19.9 Å². The molecule has 0 spiro atoms. The van der Waals surface area contributed by atoms with Gasteiger partial charge in [0.15, 0.2) is 5.78 Å². The van der Waals surface area contributed by atoms with Crippen molar-refractivity contribution in [2.45, 2.75) is 19.8 Å². The van der Waals surface area contributed by atoms with Crippen molar-refractivity contribution in [1.29, 1.82) is 0 Å². The fourth-order valence-electron chi connectivity index (χ4n) is 4.20. The van der Waals surface area contributed by atoms with E-state index in [0.29, 0.717) is 34.9 Å². The Bertz CT molecular complexity index is 1030. The number of Topliss-reactive ketones (excluding diaryl/α,β-unsaturated/α-hetero) is 1. The molecule has 1 heterocycles. The molecule has 2 atom stereocenters. The summed E-state index contributed by atoms with van der Waals surface area (Å²) >= 11 is 0. The molecule has 0 bridgehead atoms. The Hall–Kier alpha value is -3.21. The molecule has 2 aromatic rings. The first kappa shape index (κ1) is 18.2. The zero-order chi connectivity index (χ0) is 19.8. The number of fused-ring (bicyclic) bond motifs is 3. The number of ether oxygens (including phenoxy) is 2. The SMILES string of the molecule is CCOc1ccccc1[C@H]1C(C(=O)OC)=C(C)N=C2c3ccccc3C(=O)C21. The Kier molecular flexibility index (Phi) is 4.59. The number of allylic oxidation sites excluding steroid dienone is 1. The van der Waals surface area contributed by atoms with E-state index < -0.39 is 17.8 Å². The second-order valence-electron chi connectivity index (χ2n) is 6.82. The fraction of sp³-hybridized carbons (Fsp3) is 0.261. The highest BCUT2D eigenvalue weighted by Crippen LogP contribution is 2.47. The number of carbonyl (C=O) groups is 2. The van der Waals surface area contributed by atoms with Gasteiger partial charge in [0, 0.05) is 28.3 Å². The van der Waals surface area contributed by atoms with Crippen LogP contribution in [0.5, 0.6) is 5.75 Å². The van der Waals surface area contributed by atoms with Crippen LogP contribution in [-0.4, -0.2) is 31.2 Å². The molecule has 0 saturated carbocycles. The molecule has 2 aliphatic rings. The summed E-state index contributed by atoms with van der Waals surface area (Å²) in [5.41, 5.74) is 3.96. The number of esters is 1. The number of hydrogen-bond acceptors (Lipinski definition) is 5. The lowest BCUT2D eigenvalue weighted by molar-refractivity contribution is -0.136. The number of aliphatic imine (C=N–C) groups is 1. The molecule has 0 aromatic heterocycles. The molecular weight excluding hydrogens is 354 g/mol. The number of nitrogens with zero attached hydrogens (tertiary/aromatic N) is 1. The predicted octanol–water partition coefficient (Wildman–Crippen LogP) is 3.93. The van der Waals surface area contributed by atoms with Crippen molar-refractivity contribution in [3.8, 4) is 5.75 Å². The molecule has 4 rings (SSSR count). The van der Waals surface area contributed by atoms with Gasteiger partial charge < -0.3 is 9.47 Å². The minimum Gasteiger partial charge on any atom is -0.494 e. The lowest BCUT2D eigenvalue weighted by Crippen LogP contribution is -2.32. The monoisotopic (exact) mass is 375 g/mol. The van der Waals surface area contributed by atoms with Gasteiger partial charge in [-0.15, -0.1) is 0 Å². The van der Waals surface area contributed by atoms with E-state index in [1.807, 2.05) is 55.5 Å². The van der Waals surface area contributed by atoms with E-state index in [9.17, 15) is 9.59 Å². The van der Waals surface area contributed by atoms with Crippen LogP contribution in [0, 0.1) is 5.92 Å². The number of methoxy groups -OCH3 is 1. The van der Waals surface area contributed by atoms with Gasteiger partial charge in [-0.3, -0.25) is 9.79 Å². The summed E-state index contributed by atoms with van der Waals surface area (Å²) in [7, 11) is 1.35. The molecule has 142 valence electrons. The molecule has 2 aromatic carbocycles. The number of carbonyl (C=O) groups excluding carboxylic acids is 2. The molecule has 5 nitrogen and oxygen atoms in total. The van der Waals surface area contributed by atoms with Crippen molar-refractivity contribution >= 4 is 17.5 Å². The van der Waals surface area contributed by atoms with Crippen LogP contribution in [0.15, 0.2) is 64.8 Å². The zero-order valence-corrected chi connectivity index (χ0v) is 16.1. The average molecular weight is 375 g/mol. The number of ketones is 1. The highest BCUT2D eigenvalue weighted by molar-refractivity contribution is 6.30. The largest absolute Gasteiger partial charge is 0.494 e. The minimum absolute atomic E-state index is 0.0282. The van der Waals surface area contributed by atoms with Crippen LogP contribution in [0.2, 0.25) is 0 Å². The predicted molar refractivity (Wildman–Crippen MR) is 106 cm³/mol. The van der Waals surface area contributed by atoms with Gasteiger partial charge in [0.1, 0.15) is 5.75 Å². The van der Waals surface area contributed by atoms with Crippen molar-refractivity contribution in [3.63, 3.8) is 0 Å². The van der Waals surface area contributed by atoms with E-state index in [1.54, 1.807) is 6.92 Å². The number of hydrogen-bond donors (Lipinski definition) is 0. The summed E-state index contributed by atoms with van der Waals surface area (Å²) in [5, 5.41) is 0. The van der Waals surface area contributed by atoms with Crippen LogP contribution < -0.4 is 4.74 Å². The summed E-state index contributed by atoms with van der Waals surface area (Å²) in [6.07, 6.45) is 0. The normalized spacial score (nSPS) is 20.4. The number of para-hydroxylation sites is 1. The molecule has 0 N–H and O–H groups in total. The van der Waals surface area contributed by atoms with Gasteiger partial charge in [0.25, 0.3) is 0 Å². The maximum absolute atomic E-state index is 13.4. The van der Waals surface area contributed by atoms with Crippen LogP contribution >= 0.6 is 0 Å². The molecule has 0 radical (unpaired) electrons. The summed E-state index contributed by atoms with van der Waals surface area (Å²) < 4.78 is 10.9. The van der Waals surface area contributed by atoms with E-state index in [2.05, 4.69) is 4.99 Å². The summed E-state index contributed by atoms with van der Waals surface area (Å²) in [6.45, 7) is 4.18. The van der Waals surface area contributed by atoms with E-state index in [4.69, 9.17) is 9.47 Å². The van der Waals surface area contributed by atoms with Crippen molar-refractivity contribution < 1.29 is 19.1 Å². The van der Waals surface area contributed by atoms with Gasteiger partial charge in [-0.1, -0.05) is 42.5 Å². The quantitative estimate of drug-likeness (QED) is 0.760. The van der Waals surface area contributed by atoms with Crippen molar-refractivity contribution in [2.24, 2.45) is 10.9 Å². The minimum atomic E-state index is -0.572. The van der Waals surface area contributed by atoms with E-state index in [1.165, 1.54) is 7.11 Å². The van der Waals surface area contributed by atoms with Gasteiger partial charge in [-0.25, -0.2) is 4.79 Å². The van der Waals surface area contributed by atoms with Gasteiger partial charge >= 0.3 is 5.97 Å². The van der Waals surface area contributed by atoms with Gasteiger partial charge in [-0.2, -0.15) is 0 Å². The molecule has 28 heavy (non-hydrogen) atoms. The summed E-state index contributed by atoms with van der Waals surface area (Å²) in [6, 6.07) is 15.0. The number of benzene rings is 2. The highest BCUT2D eigenvalue weighted by Gasteiger charge is 2.48. The van der Waals surface area contributed by atoms with Gasteiger partial charge in [0.2, 0.25) is 0 Å². The molecule has 5 heteroatoms. The Morgan fingerprint density at radius 3 is 2.43 bits per heavy atom. The van der Waals surface area contributed by atoms with Crippen LogP contribution in [0.4, 0.5) is 0 Å². The van der Waals surface area contributed by atoms with Crippen LogP contribution in [-0.2, 0) is 9.53 Å². The van der Waals surface area contributed by atoms with Crippen molar-refractivity contribution in [2.75, 3.05) is 13.7 Å². The maximum atomic E-state index is 13.4. The molecular formula is C23H21NO4. The first-order valence-corrected chi connectivity index (χ1v) is 9.31. The lowest BCUT2D eigenvalue weighted by Gasteiger charge is -2.30. The average Bonchev–Trinajstić information content (AvgIpc) is 2.99. The van der Waals surface area contributed by atoms with Crippen LogP contribution in [0.3, 0.4) is 0 Å². The Morgan fingerprint density at radius 2 is 1.71 bits per heavy atom. The van der Waals surface area contributed by atoms with Crippen LogP contribution in [0.1, 0.15) is 41.3 Å². The molecule has 1 aliphatic carbocycles. The third-order valence-electron chi connectivity index (χ3n) is 5.33. The third-order valence-corrected chi connectivity index (χ3v) is 5.33. The molecule has 0 fully saturated rings. The molecule has 0 amide bonds. The summed E-state index contributed by atoms with van der Waals surface area (Å²) in [5.74, 6) is -0.923. The standard InChI is InChI=1S/C23H21NO4/c1-4-28-17-12-8-7-11-16(17)19-18(23(26)27-3)13(2)24-21-14-9-5-6-10-15(14)22(25)20(19)21/h5-12,19-20H,4H2,1-3H3/t19-,20?/m0/s1. The van der Waals surface area contributed by atoms with Crippen molar-refractivity contribution in [1.82, 2.24) is 0 Å². The maximum Gasteiger partial charge on any atom is 0.336 e. The number of rotatable bonds is 4. The van der Waals surface area contributed by atoms with E-state index in [0.717, 1.165) is 11.1 Å². The van der Waals surface area contributed by atoms with Crippen molar-refractivity contribution in [3.05, 3.63) is 76.5 Å². The van der Waals surface area contributed by atoms with Gasteiger partial charge in [0.05, 0.1) is 30.9 Å². The topological polar surface area (TPSA) is 65.0 Å². The Labute approximate surface area is 163 Å². The lowest BCUT2D eigenvalue weighted by atomic mass is 9.75. The smallest absolute Gasteiger partial charge is 0.336 e. The first-order valence-electron chi connectivity index (χ1n) is 9.31. The zero-order valence-electron chi connectivity index (χ0n) is 16.1. The molecule has 0 saturated heterocycles. The fourth-order valence-corrected chi connectivity index (χ4v) is 4.20. The van der Waals surface area contributed by atoms with E-state index >= 15 is 0 Å². The summed E-state index contributed by atoms with van der Waals surface area (Å²) in [4.78, 5) is 30.7. The second-order valence-corrected chi connectivity index (χ2v) is 6.82. The highest BCUT2D eigenvalue weighted by atomic mass is 16.5. The van der Waals surface area contributed by atoms with Crippen LogP contribution in [0.25, 0.3) is 0 Å². The Morgan fingerprint density at radius 1 is 1.04 bits per heavy atom. The molecule has 1 aliphatic heterocycles.